The van der Waals surface area contributed by atoms with E-state index in [9.17, 15) is 38.4 Å². The zero-order valence-corrected chi connectivity index (χ0v) is 94.2. The van der Waals surface area contributed by atoms with Crippen LogP contribution in [0.4, 0.5) is 28.8 Å². The molecule has 2 aromatic rings. The second-order valence-electron chi connectivity index (χ2n) is 50.3. The monoisotopic (exact) mass is 2070 g/mol. The van der Waals surface area contributed by atoms with E-state index < -0.39 is 45.9 Å². The lowest BCUT2D eigenvalue weighted by molar-refractivity contribution is -0.132. The summed E-state index contributed by atoms with van der Waals surface area (Å²) in [7, 11) is 4.45. The molecule has 29 heteroatoms. The third kappa shape index (κ3) is 51.4. The third-order valence-electron chi connectivity index (χ3n) is 29.3. The second kappa shape index (κ2) is 64.7. The number of carbonyl (C=O) groups excluding carboxylic acids is 8. The van der Waals surface area contributed by atoms with Crippen LogP contribution in [0.3, 0.4) is 0 Å². The number of rotatable bonds is 7. The first kappa shape index (κ1) is 136. The Hall–Kier alpha value is -7.18. The molecule has 0 aliphatic carbocycles. The van der Waals surface area contributed by atoms with Crippen LogP contribution < -0.4 is 21.3 Å². The standard InChI is InChI=1S/C18H32N2O3.C17H32N2O2.C16H30N2O2.C16H24N2O2.C13H24N2O.C12H24N2.C11H16N2.C10H18O5.5CH4/c1-13-8-9-16(15-7-6-10-19(12-15)14(2)21)20(11-13)17(22)23-18(3,4)5;1-13-8-9-15(14-7-6-10-18(5)12-14)19(11-13)16(20)21-17(2,3)4;2*1-12-7-8-14(13-6-5-9-17-10-13)18(11-12)15(19)20-16(2,3)4;1-10-5-6-13(14-8-10)12-4-3-7-15(9-12)11(2)16;1-10-5-6-12(13-8-10)11-4-3-7-14(2)9-11;1-9-4-5-11(13-7-9)10-3-2-6-12-8-10;1-9(2,3)14-7(11)13-8(12)15-10(4,5)6;;;;;/h13,15-16H,6-12H2,1-5H3;13-15H,6-12H2,1-5H3;12-14,17H,5-11H2,1-4H3;5-6,9-10,12,14H,7-8,11H2,1-4H3;10,12-14H,3-9H2,1-2H3;10-13H,3-9H2,1-2H3;2-3,6,8-9,11,13H,4-5,7H2,1H3;1-6H3;5*1H4/t13-,15?,16+;13-,14?,15+;12-,13?,14+;12-,14+;10-,12?,13+;10-,11?,12+;9-,11+;;;;;;/m0000000....../s1. The van der Waals surface area contributed by atoms with Gasteiger partial charge in [-0.25, -0.2) is 28.8 Å². The fourth-order valence-electron chi connectivity index (χ4n) is 22.0. The van der Waals surface area contributed by atoms with Crippen LogP contribution >= 0.6 is 0 Å². The van der Waals surface area contributed by atoms with Gasteiger partial charge in [-0.2, -0.15) is 0 Å². The summed E-state index contributed by atoms with van der Waals surface area (Å²) in [4.78, 5) is 120. The molecule has 14 rings (SSSR count). The first-order chi connectivity index (χ1) is 66.4. The lowest BCUT2D eigenvalue weighted by Crippen LogP contribution is -2.54. The molecule has 147 heavy (non-hydrogen) atoms. The smallest absolute Gasteiger partial charge is 0.444 e. The topological polar surface area (TPSA) is 301 Å². The molecule has 5 unspecified atom stereocenters. The number of nitrogens with zero attached hydrogens (tertiary/aromatic N) is 10. The van der Waals surface area contributed by atoms with E-state index in [-0.39, 0.29) is 85.4 Å². The molecule has 29 nitrogen and oxygen atoms in total. The van der Waals surface area contributed by atoms with E-state index in [2.05, 4.69) is 114 Å². The van der Waals surface area contributed by atoms with Crippen LogP contribution in [0.2, 0.25) is 0 Å². The van der Waals surface area contributed by atoms with Crippen molar-refractivity contribution in [3.05, 3.63) is 60.2 Å². The normalized spacial score (nSPS) is 28.3. The Balaban J connectivity index is 0.000000568. The number of carbonyl (C=O) groups is 8. The van der Waals surface area contributed by atoms with E-state index in [1.54, 1.807) is 61.6 Å². The Morgan fingerprint density at radius 3 is 0.973 bits per heavy atom. The SMILES string of the molecule is C.C.C.C.C.CC(=O)N1CCCC([C@H]2CC[C@H](C)CN2)C1.CC(=O)N1CCCC([C@H]2CC[C@H](C)CN2C(=O)OC(C)(C)C)C1.CC(C)(C)OC(=O)OC(=O)OC(C)(C)C.C[C@H]1CC[C@H](C2CCCN(C)C2)N(C(=O)OC(C)(C)C)C1.C[C@H]1CC[C@H](C2CCCN(C)C2)NC1.C[C@H]1CC[C@H](C2CCCNC2)N(C(=O)OC(C)(C)C)C1.C[C@H]1CC[C@H](c2cccnc2)N(C(=O)OC(C)(C)C)C1.C[C@H]1CC[C@H](c2cccnc2)NC1. The first-order valence-corrected chi connectivity index (χ1v) is 55.2. The van der Waals surface area contributed by atoms with E-state index in [1.165, 1.54) is 134 Å². The molecule has 0 saturated carbocycles. The average molecular weight is 2080 g/mol. The number of piperidine rings is 12. The minimum atomic E-state index is -1.06. The van der Waals surface area contributed by atoms with Crippen LogP contribution in [-0.2, 0) is 42.7 Å². The first-order valence-electron chi connectivity index (χ1n) is 55.2. The predicted octanol–water partition coefficient (Wildman–Crippen LogP) is 25.0. The molecule has 0 aromatic carbocycles. The van der Waals surface area contributed by atoms with Gasteiger partial charge >= 0.3 is 36.7 Å². The van der Waals surface area contributed by atoms with Gasteiger partial charge in [0.1, 0.15) is 33.6 Å². The highest BCUT2D eigenvalue weighted by atomic mass is 16.8. The van der Waals surface area contributed by atoms with Crippen LogP contribution in [-0.4, -0.2) is 287 Å². The Kier molecular flexibility index (Phi) is 59.8. The van der Waals surface area contributed by atoms with Crippen LogP contribution in [0, 0.1) is 71.0 Å². The summed E-state index contributed by atoms with van der Waals surface area (Å²) in [5.74, 6) is 8.26. The van der Waals surface area contributed by atoms with E-state index in [1.807, 2.05) is 149 Å². The summed E-state index contributed by atoms with van der Waals surface area (Å²) in [6, 6.07) is 11.1. The van der Waals surface area contributed by atoms with Gasteiger partial charge in [0.05, 0.1) is 6.04 Å². The summed E-state index contributed by atoms with van der Waals surface area (Å²) in [5.41, 5.74) is -0.728. The van der Waals surface area contributed by atoms with E-state index in [0.717, 1.165) is 172 Å². The van der Waals surface area contributed by atoms with E-state index in [0.29, 0.717) is 71.5 Å². The van der Waals surface area contributed by atoms with Crippen molar-refractivity contribution in [2.24, 2.45) is 71.0 Å². The number of nitrogens with one attached hydrogen (secondary N) is 4. The van der Waals surface area contributed by atoms with Gasteiger partial charge in [0, 0.05) is 140 Å². The highest BCUT2D eigenvalue weighted by molar-refractivity contribution is 5.77. The van der Waals surface area contributed by atoms with Crippen LogP contribution in [0.1, 0.15) is 401 Å². The Morgan fingerprint density at radius 1 is 0.320 bits per heavy atom. The predicted molar refractivity (Wildman–Crippen MR) is 601 cm³/mol. The fourth-order valence-corrected chi connectivity index (χ4v) is 22.0. The van der Waals surface area contributed by atoms with Gasteiger partial charge in [-0.15, -0.1) is 0 Å². The van der Waals surface area contributed by atoms with Crippen molar-refractivity contribution in [2.75, 3.05) is 125 Å². The van der Waals surface area contributed by atoms with Crippen molar-refractivity contribution < 1.29 is 71.5 Å². The highest BCUT2D eigenvalue weighted by Crippen LogP contribution is 2.40. The molecular weight excluding hydrogens is 1850 g/mol. The number of likely N-dealkylation sites (tertiary alicyclic amines) is 8. The summed E-state index contributed by atoms with van der Waals surface area (Å²) in [5, 5.41) is 14.4. The van der Waals surface area contributed by atoms with Gasteiger partial charge < -0.3 is 93.6 Å². The Bertz CT molecular complexity index is 4000. The zero-order valence-electron chi connectivity index (χ0n) is 94.2. The molecule has 6 amide bonds. The molecule has 12 aliphatic heterocycles. The molecule has 852 valence electrons. The maximum Gasteiger partial charge on any atom is 0.519 e. The number of hydrogen-bond donors (Lipinski definition) is 4. The summed E-state index contributed by atoms with van der Waals surface area (Å²) in [6.45, 7) is 69.6. The number of pyridine rings is 2. The maximum absolute atomic E-state index is 12.7. The van der Waals surface area contributed by atoms with Crippen molar-refractivity contribution in [3.8, 4) is 0 Å². The lowest BCUT2D eigenvalue weighted by Gasteiger charge is -2.45. The lowest BCUT2D eigenvalue weighted by atomic mass is 9.82. The molecule has 0 radical (unpaired) electrons. The van der Waals surface area contributed by atoms with E-state index in [4.69, 9.17) is 28.4 Å². The Labute approximate surface area is 896 Å². The van der Waals surface area contributed by atoms with Gasteiger partial charge in [0.15, 0.2) is 0 Å². The van der Waals surface area contributed by atoms with Gasteiger partial charge in [-0.1, -0.05) is 97.7 Å². The van der Waals surface area contributed by atoms with Crippen LogP contribution in [0.25, 0.3) is 0 Å². The molecule has 2 aromatic heterocycles. The molecule has 12 aliphatic rings. The quantitative estimate of drug-likeness (QED) is 0.114. The van der Waals surface area contributed by atoms with Crippen molar-refractivity contribution in [2.45, 2.75) is 454 Å². The van der Waals surface area contributed by atoms with Crippen LogP contribution in [0.15, 0.2) is 49.1 Å². The zero-order chi connectivity index (χ0) is 105. The van der Waals surface area contributed by atoms with Gasteiger partial charge in [0.25, 0.3) is 0 Å². The average Bonchev–Trinajstić information content (AvgIpc) is 0.814. The molecule has 0 bridgehead atoms. The summed E-state index contributed by atoms with van der Waals surface area (Å²) < 4.78 is 36.2. The number of hydrogen-bond acceptors (Lipinski definition) is 23. The van der Waals surface area contributed by atoms with Crippen molar-refractivity contribution in [1.29, 1.82) is 0 Å². The third-order valence-corrected chi connectivity index (χ3v) is 29.3. The number of aromatic nitrogens is 2. The van der Waals surface area contributed by atoms with Gasteiger partial charge in [0.2, 0.25) is 11.8 Å². The number of amides is 6. The molecule has 19 atom stereocenters. The molecule has 0 spiro atoms. The van der Waals surface area contributed by atoms with Crippen molar-refractivity contribution >= 4 is 48.5 Å². The maximum atomic E-state index is 12.7. The van der Waals surface area contributed by atoms with Gasteiger partial charge in [-0.3, -0.25) is 19.6 Å². The minimum absolute atomic E-state index is 0. The van der Waals surface area contributed by atoms with Crippen molar-refractivity contribution in [1.82, 2.24) is 70.4 Å². The highest BCUT2D eigenvalue weighted by Gasteiger charge is 2.44. The molecule has 14 heterocycles. The fraction of sp³-hybridized carbons (Fsp3) is 0.847. The number of ether oxygens (including phenoxy) is 7. The van der Waals surface area contributed by atoms with Crippen LogP contribution in [0.5, 0.6) is 0 Å². The molecular formula is C118H220N14O15. The molecule has 4 N–H and O–H groups in total. The summed E-state index contributed by atoms with van der Waals surface area (Å²) >= 11 is 0. The molecule has 12 fully saturated rings. The largest absolute Gasteiger partial charge is 0.519 e. The van der Waals surface area contributed by atoms with Crippen molar-refractivity contribution in [3.63, 3.8) is 0 Å². The van der Waals surface area contributed by atoms with E-state index >= 15 is 0 Å². The Morgan fingerprint density at radius 2 is 0.633 bits per heavy atom. The van der Waals surface area contributed by atoms with Gasteiger partial charge in [-0.05, 0) is 433 Å². The molecule has 12 saturated heterocycles. The summed E-state index contributed by atoms with van der Waals surface area (Å²) in [6.07, 6.45) is 33.9. The second-order valence-corrected chi connectivity index (χ2v) is 50.3. The minimum Gasteiger partial charge on any atom is -0.444 e.